The van der Waals surface area contributed by atoms with Crippen molar-refractivity contribution in [1.82, 2.24) is 0 Å². The average Bonchev–Trinajstić information content (AvgIpc) is 2.11. The number of unbranched alkanes of at least 4 members (excludes halogenated alkanes) is 2. The Labute approximate surface area is 79.8 Å². The Morgan fingerprint density at radius 3 is 2.85 bits per heavy atom. The van der Waals surface area contributed by atoms with Crippen molar-refractivity contribution in [1.29, 1.82) is 0 Å². The molecule has 0 saturated heterocycles. The molecule has 0 spiro atoms. The number of aryl methyl sites for hydroxylation is 1. The zero-order valence-corrected chi connectivity index (χ0v) is 8.31. The van der Waals surface area contributed by atoms with Gasteiger partial charge in [-0.2, -0.15) is 0 Å². The summed E-state index contributed by atoms with van der Waals surface area (Å²) in [5, 5.41) is 0. The molecule has 0 bridgehead atoms. The minimum atomic E-state index is -0.0852. The lowest BCUT2D eigenvalue weighted by Crippen LogP contribution is -1.92. The maximum atomic E-state index is 13.2. The Kier molecular flexibility index (Phi) is 3.94. The highest BCUT2D eigenvalue weighted by Crippen LogP contribution is 2.12. The number of rotatable bonds is 4. The van der Waals surface area contributed by atoms with Crippen molar-refractivity contribution in [3.8, 4) is 0 Å². The molecule has 1 aromatic carbocycles. The third-order valence-electron chi connectivity index (χ3n) is 2.06. The monoisotopic (exact) mass is 179 g/mol. The summed E-state index contributed by atoms with van der Waals surface area (Å²) in [5.41, 5.74) is 1.94. The van der Waals surface area contributed by atoms with Crippen LogP contribution in [0.1, 0.15) is 30.9 Å². The Bertz CT molecular complexity index is 266. The molecule has 0 aliphatic carbocycles. The van der Waals surface area contributed by atoms with Crippen LogP contribution >= 0.6 is 0 Å². The lowest BCUT2D eigenvalue weighted by Gasteiger charge is -2.03. The minimum Gasteiger partial charge on any atom is -0.207 e. The topological polar surface area (TPSA) is 0 Å². The summed E-state index contributed by atoms with van der Waals surface area (Å²) < 4.78 is 13.2. The molecule has 0 saturated carbocycles. The maximum absolute atomic E-state index is 13.2. The normalized spacial score (nSPS) is 10.4. The van der Waals surface area contributed by atoms with E-state index in [9.17, 15) is 4.39 Å². The van der Waals surface area contributed by atoms with Crippen LogP contribution in [0.25, 0.3) is 0 Å². The molecule has 1 radical (unpaired) electrons. The van der Waals surface area contributed by atoms with Gasteiger partial charge in [-0.05, 0) is 31.4 Å². The Balaban J connectivity index is 2.59. The first-order valence-corrected chi connectivity index (χ1v) is 4.80. The van der Waals surface area contributed by atoms with Gasteiger partial charge in [0.15, 0.2) is 0 Å². The van der Waals surface area contributed by atoms with Crippen molar-refractivity contribution in [3.63, 3.8) is 0 Å². The van der Waals surface area contributed by atoms with E-state index in [2.05, 4.69) is 13.3 Å². The molecule has 0 aliphatic rings. The van der Waals surface area contributed by atoms with Crippen LogP contribution in [-0.4, -0.2) is 0 Å². The summed E-state index contributed by atoms with van der Waals surface area (Å²) in [6.07, 6.45) is 5.08. The van der Waals surface area contributed by atoms with Gasteiger partial charge in [0.05, 0.1) is 0 Å². The standard InChI is InChI=1S/C12H16F/c1-3-4-5-6-11-9-10(2)7-8-12(11)13/h5,7-9H,3-4,6H2,1-2H3. The third-order valence-corrected chi connectivity index (χ3v) is 2.06. The third kappa shape index (κ3) is 3.17. The van der Waals surface area contributed by atoms with E-state index in [1.165, 1.54) is 0 Å². The fraction of sp³-hybridized carbons (Fsp3) is 0.417. The van der Waals surface area contributed by atoms with E-state index < -0.39 is 0 Å². The van der Waals surface area contributed by atoms with Gasteiger partial charge in [0.2, 0.25) is 0 Å². The SMILES string of the molecule is CCC[CH]Cc1cc(C)ccc1F. The highest BCUT2D eigenvalue weighted by atomic mass is 19.1. The van der Waals surface area contributed by atoms with E-state index in [1.54, 1.807) is 12.1 Å². The molecule has 0 heterocycles. The summed E-state index contributed by atoms with van der Waals surface area (Å²) in [5.74, 6) is -0.0852. The van der Waals surface area contributed by atoms with Crippen LogP contribution in [0.2, 0.25) is 0 Å². The molecule has 13 heavy (non-hydrogen) atoms. The second kappa shape index (κ2) is 5.00. The zero-order valence-electron chi connectivity index (χ0n) is 8.31. The van der Waals surface area contributed by atoms with E-state index in [-0.39, 0.29) is 5.82 Å². The molecule has 0 aromatic heterocycles. The summed E-state index contributed by atoms with van der Waals surface area (Å²) >= 11 is 0. The van der Waals surface area contributed by atoms with Crippen molar-refractivity contribution >= 4 is 0 Å². The van der Waals surface area contributed by atoms with Gasteiger partial charge in [0.1, 0.15) is 5.82 Å². The summed E-state index contributed by atoms with van der Waals surface area (Å²) in [6, 6.07) is 5.27. The molecule has 0 N–H and O–H groups in total. The summed E-state index contributed by atoms with van der Waals surface area (Å²) in [6.45, 7) is 4.12. The van der Waals surface area contributed by atoms with Crippen LogP contribution in [0.15, 0.2) is 18.2 Å². The van der Waals surface area contributed by atoms with Crippen molar-refractivity contribution in [2.24, 2.45) is 0 Å². The second-order valence-corrected chi connectivity index (χ2v) is 3.38. The van der Waals surface area contributed by atoms with E-state index in [0.717, 1.165) is 30.4 Å². The maximum Gasteiger partial charge on any atom is 0.126 e. The van der Waals surface area contributed by atoms with Crippen molar-refractivity contribution in [2.75, 3.05) is 0 Å². The van der Waals surface area contributed by atoms with Gasteiger partial charge in [-0.25, -0.2) is 4.39 Å². The van der Waals surface area contributed by atoms with Crippen LogP contribution in [0, 0.1) is 19.2 Å². The molecular weight excluding hydrogens is 163 g/mol. The Morgan fingerprint density at radius 2 is 2.15 bits per heavy atom. The summed E-state index contributed by atoms with van der Waals surface area (Å²) in [4.78, 5) is 0. The number of hydrogen-bond acceptors (Lipinski definition) is 0. The highest BCUT2D eigenvalue weighted by molar-refractivity contribution is 5.25. The fourth-order valence-electron chi connectivity index (χ4n) is 1.32. The molecule has 0 nitrogen and oxygen atoms in total. The molecule has 1 aromatic rings. The van der Waals surface area contributed by atoms with Crippen LogP contribution in [0.4, 0.5) is 4.39 Å². The second-order valence-electron chi connectivity index (χ2n) is 3.38. The molecule has 0 atom stereocenters. The average molecular weight is 179 g/mol. The molecule has 0 unspecified atom stereocenters. The number of benzene rings is 1. The molecule has 71 valence electrons. The zero-order chi connectivity index (χ0) is 9.68. The predicted molar refractivity (Wildman–Crippen MR) is 54.0 cm³/mol. The molecular formula is C12H16F. The van der Waals surface area contributed by atoms with Gasteiger partial charge < -0.3 is 0 Å². The first-order valence-electron chi connectivity index (χ1n) is 4.80. The molecule has 0 amide bonds. The van der Waals surface area contributed by atoms with Gasteiger partial charge in [0.25, 0.3) is 0 Å². The Hall–Kier alpha value is -0.850. The van der Waals surface area contributed by atoms with Crippen LogP contribution in [0.3, 0.4) is 0 Å². The number of halogens is 1. The number of hydrogen-bond donors (Lipinski definition) is 0. The Morgan fingerprint density at radius 1 is 1.38 bits per heavy atom. The lowest BCUT2D eigenvalue weighted by molar-refractivity contribution is 0.611. The molecule has 0 fully saturated rings. The van der Waals surface area contributed by atoms with Crippen molar-refractivity contribution in [2.45, 2.75) is 33.1 Å². The van der Waals surface area contributed by atoms with E-state index in [0.29, 0.717) is 0 Å². The summed E-state index contributed by atoms with van der Waals surface area (Å²) in [7, 11) is 0. The van der Waals surface area contributed by atoms with Gasteiger partial charge >= 0.3 is 0 Å². The minimum absolute atomic E-state index is 0.0852. The van der Waals surface area contributed by atoms with Crippen LogP contribution in [0.5, 0.6) is 0 Å². The largest absolute Gasteiger partial charge is 0.207 e. The first-order chi connectivity index (χ1) is 6.24. The van der Waals surface area contributed by atoms with Gasteiger partial charge in [0, 0.05) is 0 Å². The molecule has 1 heteroatoms. The molecule has 1 rings (SSSR count). The lowest BCUT2D eigenvalue weighted by atomic mass is 10.0. The quantitative estimate of drug-likeness (QED) is 0.618. The van der Waals surface area contributed by atoms with E-state index in [4.69, 9.17) is 0 Å². The highest BCUT2D eigenvalue weighted by Gasteiger charge is 2.01. The van der Waals surface area contributed by atoms with E-state index >= 15 is 0 Å². The smallest absolute Gasteiger partial charge is 0.126 e. The van der Waals surface area contributed by atoms with Crippen molar-refractivity contribution in [3.05, 3.63) is 41.6 Å². The predicted octanol–water partition coefficient (Wildman–Crippen LogP) is 3.68. The van der Waals surface area contributed by atoms with Gasteiger partial charge in [-0.15, -0.1) is 0 Å². The van der Waals surface area contributed by atoms with Gasteiger partial charge in [-0.3, -0.25) is 0 Å². The fourth-order valence-corrected chi connectivity index (χ4v) is 1.32. The van der Waals surface area contributed by atoms with Crippen molar-refractivity contribution < 1.29 is 4.39 Å². The van der Waals surface area contributed by atoms with Crippen LogP contribution < -0.4 is 0 Å². The first kappa shape index (κ1) is 10.2. The van der Waals surface area contributed by atoms with Gasteiger partial charge in [-0.1, -0.05) is 37.5 Å². The molecule has 0 aliphatic heterocycles. The van der Waals surface area contributed by atoms with Crippen LogP contribution in [-0.2, 0) is 6.42 Å². The van der Waals surface area contributed by atoms with E-state index in [1.807, 2.05) is 13.0 Å².